The average Bonchev–Trinajstić information content (AvgIpc) is 3.35. The summed E-state index contributed by atoms with van der Waals surface area (Å²) >= 11 is 1.27. The normalized spacial score (nSPS) is 19.1. The first-order valence-corrected chi connectivity index (χ1v) is 10.6. The lowest BCUT2D eigenvalue weighted by atomic mass is 9.99. The molecular weight excluding hydrogens is 354 g/mol. The smallest absolute Gasteiger partial charge is 0.252 e. The maximum Gasteiger partial charge on any atom is 0.252 e. The molecule has 1 atom stereocenters. The van der Waals surface area contributed by atoms with E-state index in [2.05, 4.69) is 9.97 Å². The van der Waals surface area contributed by atoms with Gasteiger partial charge in [0.1, 0.15) is 10.0 Å². The molecule has 3 heterocycles. The molecule has 1 aliphatic heterocycles. The number of nitrogens with zero attached hydrogens (tertiary/aromatic N) is 2. The van der Waals surface area contributed by atoms with Crippen molar-refractivity contribution in [1.82, 2.24) is 14.3 Å². The highest BCUT2D eigenvalue weighted by Gasteiger charge is 2.32. The second-order valence-corrected chi connectivity index (χ2v) is 9.29. The summed E-state index contributed by atoms with van der Waals surface area (Å²) in [5.74, 6) is 0.964. The van der Waals surface area contributed by atoms with Gasteiger partial charge in [0.15, 0.2) is 0 Å². The van der Waals surface area contributed by atoms with E-state index in [1.165, 1.54) is 11.3 Å². The highest BCUT2D eigenvalue weighted by Crippen LogP contribution is 2.31. The SMILES string of the molecule is O=S(=O)(c1cccs1)N1CCCC(c2ncc(-c3ccccc3)[nH]2)C1. The first kappa shape index (κ1) is 16.5. The van der Waals surface area contributed by atoms with Crippen molar-refractivity contribution in [1.29, 1.82) is 0 Å². The minimum absolute atomic E-state index is 0.0981. The highest BCUT2D eigenvalue weighted by atomic mass is 32.2. The van der Waals surface area contributed by atoms with Crippen LogP contribution in [-0.2, 0) is 10.0 Å². The lowest BCUT2D eigenvalue weighted by Crippen LogP contribution is -2.39. The van der Waals surface area contributed by atoms with Gasteiger partial charge in [-0.2, -0.15) is 4.31 Å². The maximum absolute atomic E-state index is 12.8. The van der Waals surface area contributed by atoms with Gasteiger partial charge in [0, 0.05) is 19.0 Å². The summed E-state index contributed by atoms with van der Waals surface area (Å²) in [6.45, 7) is 1.05. The predicted octanol–water partition coefficient (Wildman–Crippen LogP) is 3.71. The molecule has 25 heavy (non-hydrogen) atoms. The molecule has 5 nitrogen and oxygen atoms in total. The predicted molar refractivity (Wildman–Crippen MR) is 99.1 cm³/mol. The van der Waals surface area contributed by atoms with E-state index in [0.29, 0.717) is 17.3 Å². The third-order valence-corrected chi connectivity index (χ3v) is 7.78. The van der Waals surface area contributed by atoms with Gasteiger partial charge in [-0.25, -0.2) is 13.4 Å². The molecule has 0 aliphatic carbocycles. The Kier molecular flexibility index (Phi) is 4.45. The van der Waals surface area contributed by atoms with Crippen LogP contribution in [0.25, 0.3) is 11.3 Å². The van der Waals surface area contributed by atoms with E-state index in [-0.39, 0.29) is 5.92 Å². The number of sulfonamides is 1. The van der Waals surface area contributed by atoms with Gasteiger partial charge in [0.05, 0.1) is 11.9 Å². The number of aromatic nitrogens is 2. The fourth-order valence-electron chi connectivity index (χ4n) is 3.23. The van der Waals surface area contributed by atoms with Crippen molar-refractivity contribution in [3.63, 3.8) is 0 Å². The minimum atomic E-state index is -3.39. The Bertz CT molecular complexity index is 934. The number of aromatic amines is 1. The van der Waals surface area contributed by atoms with Crippen LogP contribution in [0.5, 0.6) is 0 Å². The molecule has 4 rings (SSSR count). The molecule has 1 saturated heterocycles. The van der Waals surface area contributed by atoms with E-state index >= 15 is 0 Å². The first-order valence-electron chi connectivity index (χ1n) is 8.28. The van der Waals surface area contributed by atoms with Gasteiger partial charge in [0.25, 0.3) is 10.0 Å². The zero-order chi connectivity index (χ0) is 17.3. The fraction of sp³-hybridized carbons (Fsp3) is 0.278. The first-order chi connectivity index (χ1) is 12.1. The number of imidazole rings is 1. The summed E-state index contributed by atoms with van der Waals surface area (Å²) < 4.78 is 27.5. The number of hydrogen-bond acceptors (Lipinski definition) is 4. The molecule has 0 saturated carbocycles. The Hall–Kier alpha value is -1.96. The van der Waals surface area contributed by atoms with Crippen molar-refractivity contribution in [2.75, 3.05) is 13.1 Å². The third kappa shape index (κ3) is 3.27. The molecule has 1 fully saturated rings. The van der Waals surface area contributed by atoms with Gasteiger partial charge < -0.3 is 4.98 Å². The second kappa shape index (κ2) is 6.74. The van der Waals surface area contributed by atoms with Crippen LogP contribution in [0.3, 0.4) is 0 Å². The molecule has 0 radical (unpaired) electrons. The molecule has 3 aromatic rings. The molecule has 1 aromatic carbocycles. The van der Waals surface area contributed by atoms with E-state index in [1.807, 2.05) is 36.5 Å². The van der Waals surface area contributed by atoms with Crippen LogP contribution < -0.4 is 0 Å². The van der Waals surface area contributed by atoms with E-state index in [4.69, 9.17) is 0 Å². The Balaban J connectivity index is 1.55. The van der Waals surface area contributed by atoms with Crippen molar-refractivity contribution in [3.8, 4) is 11.3 Å². The summed E-state index contributed by atoms with van der Waals surface area (Å²) in [6, 6.07) is 13.5. The average molecular weight is 374 g/mol. The molecule has 2 aromatic heterocycles. The molecule has 0 bridgehead atoms. The van der Waals surface area contributed by atoms with E-state index in [9.17, 15) is 8.42 Å². The van der Waals surface area contributed by atoms with Crippen LogP contribution in [0.1, 0.15) is 24.6 Å². The summed E-state index contributed by atoms with van der Waals surface area (Å²) in [4.78, 5) is 7.90. The van der Waals surface area contributed by atoms with E-state index in [1.54, 1.807) is 21.8 Å². The van der Waals surface area contributed by atoms with Crippen molar-refractivity contribution in [2.24, 2.45) is 0 Å². The molecule has 1 unspecified atom stereocenters. The molecule has 0 spiro atoms. The van der Waals surface area contributed by atoms with Gasteiger partial charge in [-0.1, -0.05) is 36.4 Å². The molecule has 1 aliphatic rings. The quantitative estimate of drug-likeness (QED) is 0.758. The topological polar surface area (TPSA) is 66.1 Å². The van der Waals surface area contributed by atoms with Crippen LogP contribution in [0.4, 0.5) is 0 Å². The van der Waals surface area contributed by atoms with Crippen molar-refractivity contribution in [2.45, 2.75) is 23.0 Å². The highest BCUT2D eigenvalue weighted by molar-refractivity contribution is 7.91. The van der Waals surface area contributed by atoms with Crippen LogP contribution in [-0.4, -0.2) is 35.8 Å². The number of benzene rings is 1. The second-order valence-electron chi connectivity index (χ2n) is 6.18. The number of hydrogen-bond donors (Lipinski definition) is 1. The van der Waals surface area contributed by atoms with Gasteiger partial charge in [-0.3, -0.25) is 0 Å². The molecule has 0 amide bonds. The monoisotopic (exact) mass is 373 g/mol. The minimum Gasteiger partial charge on any atom is -0.342 e. The zero-order valence-electron chi connectivity index (χ0n) is 13.6. The number of H-pyrrole nitrogens is 1. The number of nitrogens with one attached hydrogen (secondary N) is 1. The number of thiophene rings is 1. The third-order valence-electron chi connectivity index (χ3n) is 4.54. The van der Waals surface area contributed by atoms with E-state index < -0.39 is 10.0 Å². The fourth-order valence-corrected chi connectivity index (χ4v) is 5.90. The van der Waals surface area contributed by atoms with Crippen LogP contribution >= 0.6 is 11.3 Å². The van der Waals surface area contributed by atoms with E-state index in [0.717, 1.165) is 29.9 Å². The van der Waals surface area contributed by atoms with Crippen LogP contribution in [0, 0.1) is 0 Å². The summed E-state index contributed by atoms with van der Waals surface area (Å²) in [7, 11) is -3.39. The largest absolute Gasteiger partial charge is 0.342 e. The van der Waals surface area contributed by atoms with Gasteiger partial charge in [-0.05, 0) is 29.9 Å². The van der Waals surface area contributed by atoms with Crippen LogP contribution in [0.2, 0.25) is 0 Å². The molecule has 1 N–H and O–H groups in total. The Morgan fingerprint density at radius 1 is 1.16 bits per heavy atom. The lowest BCUT2D eigenvalue weighted by Gasteiger charge is -2.30. The number of piperidine rings is 1. The Labute approximate surface area is 151 Å². The Morgan fingerprint density at radius 2 is 2.00 bits per heavy atom. The molecule has 130 valence electrons. The van der Waals surface area contributed by atoms with Crippen molar-refractivity contribution in [3.05, 3.63) is 59.9 Å². The lowest BCUT2D eigenvalue weighted by molar-refractivity contribution is 0.310. The van der Waals surface area contributed by atoms with Crippen molar-refractivity contribution < 1.29 is 8.42 Å². The Morgan fingerprint density at radius 3 is 2.76 bits per heavy atom. The summed E-state index contributed by atoms with van der Waals surface area (Å²) in [5, 5.41) is 1.80. The van der Waals surface area contributed by atoms with Gasteiger partial charge >= 0.3 is 0 Å². The van der Waals surface area contributed by atoms with Crippen molar-refractivity contribution >= 4 is 21.4 Å². The summed E-state index contributed by atoms with van der Waals surface area (Å²) in [6.07, 6.45) is 3.62. The summed E-state index contributed by atoms with van der Waals surface area (Å²) in [5.41, 5.74) is 2.05. The standard InChI is InChI=1S/C18H19N3O2S2/c22-25(23,17-9-5-11-24-17)21-10-4-8-15(13-21)18-19-12-16(20-18)14-6-2-1-3-7-14/h1-3,5-7,9,11-12,15H,4,8,10,13H2,(H,19,20). The van der Waals surface area contributed by atoms with Gasteiger partial charge in [-0.15, -0.1) is 11.3 Å². The molecule has 7 heteroatoms. The molecular formula is C18H19N3O2S2. The zero-order valence-corrected chi connectivity index (χ0v) is 15.3. The maximum atomic E-state index is 12.8. The van der Waals surface area contributed by atoms with Gasteiger partial charge in [0.2, 0.25) is 0 Å². The van der Waals surface area contributed by atoms with Crippen LogP contribution in [0.15, 0.2) is 58.3 Å². The number of rotatable bonds is 4.